The minimum Gasteiger partial charge on any atom is -0.348 e. The Balaban J connectivity index is 1.46. The lowest BCUT2D eigenvalue weighted by Gasteiger charge is -2.32. The molecule has 3 rings (SSSR count). The highest BCUT2D eigenvalue weighted by atomic mass is 35.5. The van der Waals surface area contributed by atoms with Crippen molar-refractivity contribution in [1.29, 1.82) is 0 Å². The van der Waals surface area contributed by atoms with E-state index in [1.165, 1.54) is 11.8 Å². The second kappa shape index (κ2) is 7.17. The second-order valence-corrected chi connectivity index (χ2v) is 6.65. The lowest BCUT2D eigenvalue weighted by atomic mass is 10.0. The van der Waals surface area contributed by atoms with Crippen molar-refractivity contribution in [2.75, 3.05) is 13.1 Å². The predicted molar refractivity (Wildman–Crippen MR) is 87.1 cm³/mol. The average molecular weight is 337 g/mol. The van der Waals surface area contributed by atoms with E-state index in [-0.39, 0.29) is 11.9 Å². The van der Waals surface area contributed by atoms with Gasteiger partial charge in [-0.3, -0.25) is 9.69 Å². The van der Waals surface area contributed by atoms with Gasteiger partial charge in [0.25, 0.3) is 5.91 Å². The smallest absolute Gasteiger partial charge is 0.264 e. The molecule has 1 saturated heterocycles. The van der Waals surface area contributed by atoms with Crippen LogP contribution in [0.5, 0.6) is 0 Å². The fourth-order valence-electron chi connectivity index (χ4n) is 2.61. The summed E-state index contributed by atoms with van der Waals surface area (Å²) in [5, 5.41) is 7.52. The molecule has 1 aromatic carbocycles. The third kappa shape index (κ3) is 4.03. The highest BCUT2D eigenvalue weighted by Crippen LogP contribution is 2.16. The van der Waals surface area contributed by atoms with Gasteiger partial charge in [0.1, 0.15) is 4.88 Å². The number of hydrogen-bond acceptors (Lipinski definition) is 5. The minimum atomic E-state index is -0.0637. The molecule has 0 unspecified atom stereocenters. The summed E-state index contributed by atoms with van der Waals surface area (Å²) in [6.45, 7) is 2.89. The number of likely N-dealkylation sites (tertiary alicyclic amines) is 1. The van der Waals surface area contributed by atoms with E-state index in [0.29, 0.717) is 4.88 Å². The van der Waals surface area contributed by atoms with Gasteiger partial charge < -0.3 is 5.32 Å². The number of nitrogens with zero attached hydrogens (tertiary/aromatic N) is 3. The van der Waals surface area contributed by atoms with Crippen LogP contribution in [-0.4, -0.2) is 39.5 Å². The zero-order valence-electron chi connectivity index (χ0n) is 12.0. The van der Waals surface area contributed by atoms with Crippen molar-refractivity contribution in [3.8, 4) is 0 Å². The maximum atomic E-state index is 12.0. The number of halogens is 1. The number of nitrogens with one attached hydrogen (secondary N) is 1. The van der Waals surface area contributed by atoms with Gasteiger partial charge in [-0.05, 0) is 42.1 Å². The Morgan fingerprint density at radius 1 is 1.32 bits per heavy atom. The molecule has 2 heterocycles. The first-order valence-corrected chi connectivity index (χ1v) is 8.41. The third-order valence-corrected chi connectivity index (χ3v) is 4.74. The maximum absolute atomic E-state index is 12.0. The summed E-state index contributed by atoms with van der Waals surface area (Å²) in [6.07, 6.45) is 3.44. The lowest BCUT2D eigenvalue weighted by Crippen LogP contribution is -2.44. The number of piperidine rings is 1. The summed E-state index contributed by atoms with van der Waals surface area (Å²) < 4.78 is 3.71. The molecule has 22 heavy (non-hydrogen) atoms. The molecule has 1 amide bonds. The van der Waals surface area contributed by atoms with Gasteiger partial charge >= 0.3 is 0 Å². The molecule has 0 bridgehead atoms. The minimum absolute atomic E-state index is 0.0637. The molecule has 0 atom stereocenters. The standard InChI is InChI=1S/C15H17ClN4OS/c16-12-3-1-11(2-4-12)10-20-7-5-13(6-8-20)18-15(21)14-9-17-19-22-14/h1-4,9,13H,5-8,10H2,(H,18,21). The van der Waals surface area contributed by atoms with Crippen LogP contribution in [0.1, 0.15) is 28.1 Å². The monoisotopic (exact) mass is 336 g/mol. The third-order valence-electron chi connectivity index (χ3n) is 3.83. The van der Waals surface area contributed by atoms with Gasteiger partial charge in [0.15, 0.2) is 0 Å². The van der Waals surface area contributed by atoms with E-state index in [1.807, 2.05) is 12.1 Å². The fourth-order valence-corrected chi connectivity index (χ4v) is 3.15. The van der Waals surface area contributed by atoms with E-state index in [0.717, 1.165) is 49.0 Å². The number of carbonyl (C=O) groups is 1. The highest BCUT2D eigenvalue weighted by molar-refractivity contribution is 7.07. The van der Waals surface area contributed by atoms with E-state index >= 15 is 0 Å². The zero-order valence-corrected chi connectivity index (χ0v) is 13.6. The molecule has 0 radical (unpaired) electrons. The molecule has 2 aromatic rings. The Bertz CT molecular complexity index is 609. The summed E-state index contributed by atoms with van der Waals surface area (Å²) in [5.74, 6) is -0.0637. The number of hydrogen-bond donors (Lipinski definition) is 1. The SMILES string of the molecule is O=C(NC1CCN(Cc2ccc(Cl)cc2)CC1)c1cnns1. The van der Waals surface area contributed by atoms with Crippen LogP contribution in [0.3, 0.4) is 0 Å². The first-order chi connectivity index (χ1) is 10.7. The topological polar surface area (TPSA) is 58.1 Å². The summed E-state index contributed by atoms with van der Waals surface area (Å²) >= 11 is 7.03. The molecule has 0 aliphatic carbocycles. The molecular formula is C15H17ClN4OS. The van der Waals surface area contributed by atoms with Gasteiger partial charge in [0, 0.05) is 30.7 Å². The summed E-state index contributed by atoms with van der Waals surface area (Å²) in [7, 11) is 0. The van der Waals surface area contributed by atoms with Gasteiger partial charge in [0.2, 0.25) is 0 Å². The number of aromatic nitrogens is 2. The van der Waals surface area contributed by atoms with E-state index < -0.39 is 0 Å². The van der Waals surface area contributed by atoms with E-state index in [4.69, 9.17) is 11.6 Å². The van der Waals surface area contributed by atoms with Crippen LogP contribution in [0.15, 0.2) is 30.5 Å². The molecule has 1 aliphatic rings. The first kappa shape index (κ1) is 15.4. The number of amides is 1. The molecule has 0 saturated carbocycles. The Labute approximate surface area is 138 Å². The van der Waals surface area contributed by atoms with Crippen molar-refractivity contribution in [3.05, 3.63) is 45.9 Å². The van der Waals surface area contributed by atoms with Crippen LogP contribution >= 0.6 is 23.1 Å². The second-order valence-electron chi connectivity index (χ2n) is 5.43. The molecule has 1 aromatic heterocycles. The Kier molecular flexibility index (Phi) is 5.02. The van der Waals surface area contributed by atoms with Gasteiger partial charge in [-0.25, -0.2) is 0 Å². The van der Waals surface area contributed by atoms with Crippen LogP contribution in [-0.2, 0) is 6.54 Å². The first-order valence-electron chi connectivity index (χ1n) is 7.26. The van der Waals surface area contributed by atoms with Crippen LogP contribution < -0.4 is 5.32 Å². The van der Waals surface area contributed by atoms with E-state index in [9.17, 15) is 4.79 Å². The zero-order chi connectivity index (χ0) is 15.4. The molecular weight excluding hydrogens is 320 g/mol. The van der Waals surface area contributed by atoms with Gasteiger partial charge in [-0.15, -0.1) is 5.10 Å². The molecule has 7 heteroatoms. The number of benzene rings is 1. The molecule has 1 aliphatic heterocycles. The normalized spacial score (nSPS) is 16.6. The van der Waals surface area contributed by atoms with Crippen molar-refractivity contribution < 1.29 is 4.79 Å². The molecule has 1 N–H and O–H groups in total. The molecule has 116 valence electrons. The quantitative estimate of drug-likeness (QED) is 0.932. The summed E-state index contributed by atoms with van der Waals surface area (Å²) in [6, 6.07) is 8.20. The van der Waals surface area contributed by atoms with Crippen molar-refractivity contribution in [1.82, 2.24) is 19.8 Å². The number of rotatable bonds is 4. The number of carbonyl (C=O) groups excluding carboxylic acids is 1. The Morgan fingerprint density at radius 2 is 2.05 bits per heavy atom. The van der Waals surface area contributed by atoms with Crippen molar-refractivity contribution in [2.24, 2.45) is 0 Å². The Hall–Kier alpha value is -1.50. The summed E-state index contributed by atoms with van der Waals surface area (Å²) in [4.78, 5) is 14.9. The van der Waals surface area contributed by atoms with Crippen molar-refractivity contribution >= 4 is 29.0 Å². The Morgan fingerprint density at radius 3 is 2.68 bits per heavy atom. The highest BCUT2D eigenvalue weighted by Gasteiger charge is 2.21. The van der Waals surface area contributed by atoms with Crippen molar-refractivity contribution in [3.63, 3.8) is 0 Å². The average Bonchev–Trinajstić information content (AvgIpc) is 3.06. The van der Waals surface area contributed by atoms with Crippen LogP contribution in [0.25, 0.3) is 0 Å². The molecule has 0 spiro atoms. The van der Waals surface area contributed by atoms with Gasteiger partial charge in [0.05, 0.1) is 6.20 Å². The van der Waals surface area contributed by atoms with Crippen molar-refractivity contribution in [2.45, 2.75) is 25.4 Å². The molecule has 1 fully saturated rings. The van der Waals surface area contributed by atoms with Gasteiger partial charge in [-0.1, -0.05) is 28.2 Å². The summed E-state index contributed by atoms with van der Waals surface area (Å²) in [5.41, 5.74) is 1.27. The molecule has 5 nitrogen and oxygen atoms in total. The largest absolute Gasteiger partial charge is 0.348 e. The van der Waals surface area contributed by atoms with Crippen LogP contribution in [0, 0.1) is 0 Å². The fraction of sp³-hybridized carbons (Fsp3) is 0.400. The maximum Gasteiger partial charge on any atom is 0.264 e. The van der Waals surface area contributed by atoms with E-state index in [1.54, 1.807) is 0 Å². The van der Waals surface area contributed by atoms with E-state index in [2.05, 4.69) is 31.9 Å². The van der Waals surface area contributed by atoms with Gasteiger partial charge in [-0.2, -0.15) is 0 Å². The predicted octanol–water partition coefficient (Wildman–Crippen LogP) is 2.59. The van der Waals surface area contributed by atoms with Crippen LogP contribution in [0.2, 0.25) is 5.02 Å². The lowest BCUT2D eigenvalue weighted by molar-refractivity contribution is 0.0913. The van der Waals surface area contributed by atoms with Crippen LogP contribution in [0.4, 0.5) is 0 Å².